The third kappa shape index (κ3) is 2.38. The van der Waals surface area contributed by atoms with Crippen LogP contribution in [0.1, 0.15) is 27.2 Å². The molecule has 2 heterocycles. The van der Waals surface area contributed by atoms with Gasteiger partial charge in [-0.25, -0.2) is 0 Å². The molecule has 2 saturated heterocycles. The van der Waals surface area contributed by atoms with Gasteiger partial charge in [0.2, 0.25) is 5.91 Å². The Kier molecular flexibility index (Phi) is 3.50. The van der Waals surface area contributed by atoms with Crippen molar-refractivity contribution in [3.8, 4) is 0 Å². The van der Waals surface area contributed by atoms with Gasteiger partial charge < -0.3 is 9.80 Å². The van der Waals surface area contributed by atoms with Gasteiger partial charge in [-0.15, -0.1) is 0 Å². The summed E-state index contributed by atoms with van der Waals surface area (Å²) < 4.78 is 0. The van der Waals surface area contributed by atoms with Crippen molar-refractivity contribution in [3.05, 3.63) is 0 Å². The van der Waals surface area contributed by atoms with E-state index in [0.717, 1.165) is 13.1 Å². The van der Waals surface area contributed by atoms with Crippen LogP contribution >= 0.6 is 0 Å². The van der Waals surface area contributed by atoms with Gasteiger partial charge in [0, 0.05) is 19.1 Å². The van der Waals surface area contributed by atoms with Crippen molar-refractivity contribution >= 4 is 5.91 Å². The molecule has 2 aliphatic heterocycles. The molecule has 16 heavy (non-hydrogen) atoms. The number of amides is 1. The minimum atomic E-state index is 0.223. The van der Waals surface area contributed by atoms with E-state index in [2.05, 4.69) is 31.0 Å². The second-order valence-electron chi connectivity index (χ2n) is 5.35. The molecule has 0 aromatic carbocycles. The fourth-order valence-corrected chi connectivity index (χ4v) is 2.68. The molecule has 1 amide bonds. The van der Waals surface area contributed by atoms with Crippen LogP contribution in [0.25, 0.3) is 0 Å². The topological polar surface area (TPSA) is 35.6 Å². The van der Waals surface area contributed by atoms with Crippen LogP contribution in [0.2, 0.25) is 0 Å². The van der Waals surface area contributed by atoms with Crippen molar-refractivity contribution in [3.63, 3.8) is 0 Å². The second kappa shape index (κ2) is 4.72. The summed E-state index contributed by atoms with van der Waals surface area (Å²) in [5.41, 5.74) is 0. The van der Waals surface area contributed by atoms with Crippen LogP contribution in [0.4, 0.5) is 0 Å². The summed E-state index contributed by atoms with van der Waals surface area (Å²) in [6.45, 7) is 10.3. The SMILES string of the molecule is CC(C)N1CCC(CN2C(=O)CNC2C)C1. The first kappa shape index (κ1) is 11.9. The first-order chi connectivity index (χ1) is 7.58. The van der Waals surface area contributed by atoms with Crippen molar-refractivity contribution in [1.29, 1.82) is 0 Å². The van der Waals surface area contributed by atoms with Crippen LogP contribution in [0.15, 0.2) is 0 Å². The van der Waals surface area contributed by atoms with Crippen molar-refractivity contribution in [1.82, 2.24) is 15.1 Å². The van der Waals surface area contributed by atoms with E-state index in [9.17, 15) is 4.79 Å². The number of nitrogens with zero attached hydrogens (tertiary/aromatic N) is 2. The number of hydrogen-bond acceptors (Lipinski definition) is 3. The maximum Gasteiger partial charge on any atom is 0.237 e. The highest BCUT2D eigenvalue weighted by Crippen LogP contribution is 2.21. The van der Waals surface area contributed by atoms with Crippen molar-refractivity contribution in [2.24, 2.45) is 5.92 Å². The molecule has 0 aliphatic carbocycles. The van der Waals surface area contributed by atoms with E-state index < -0.39 is 0 Å². The fourth-order valence-electron chi connectivity index (χ4n) is 2.68. The lowest BCUT2D eigenvalue weighted by molar-refractivity contribution is -0.128. The molecular weight excluding hydrogens is 202 g/mol. The lowest BCUT2D eigenvalue weighted by atomic mass is 10.1. The van der Waals surface area contributed by atoms with Gasteiger partial charge in [0.1, 0.15) is 0 Å². The molecule has 0 aromatic rings. The first-order valence-electron chi connectivity index (χ1n) is 6.35. The third-order valence-corrected chi connectivity index (χ3v) is 3.84. The molecule has 4 heteroatoms. The lowest BCUT2D eigenvalue weighted by Gasteiger charge is -2.25. The van der Waals surface area contributed by atoms with Gasteiger partial charge >= 0.3 is 0 Å². The van der Waals surface area contributed by atoms with Crippen molar-refractivity contribution < 1.29 is 4.79 Å². The number of hydrogen-bond donors (Lipinski definition) is 1. The summed E-state index contributed by atoms with van der Waals surface area (Å²) in [6, 6.07) is 0.634. The van der Waals surface area contributed by atoms with Gasteiger partial charge in [-0.1, -0.05) is 0 Å². The van der Waals surface area contributed by atoms with Crippen molar-refractivity contribution in [2.45, 2.75) is 39.4 Å². The third-order valence-electron chi connectivity index (χ3n) is 3.84. The molecule has 92 valence electrons. The minimum absolute atomic E-state index is 0.223. The van der Waals surface area contributed by atoms with E-state index in [-0.39, 0.29) is 12.1 Å². The van der Waals surface area contributed by atoms with E-state index in [4.69, 9.17) is 0 Å². The van der Waals surface area contributed by atoms with Gasteiger partial charge in [0.05, 0.1) is 12.7 Å². The Bertz CT molecular complexity index is 267. The quantitative estimate of drug-likeness (QED) is 0.759. The number of carbonyl (C=O) groups excluding carboxylic acids is 1. The number of carbonyl (C=O) groups is 1. The van der Waals surface area contributed by atoms with Crippen LogP contribution in [0, 0.1) is 5.92 Å². The molecule has 0 spiro atoms. The predicted octanol–water partition coefficient (Wildman–Crippen LogP) is 0.495. The fraction of sp³-hybridized carbons (Fsp3) is 0.917. The molecule has 4 nitrogen and oxygen atoms in total. The van der Waals surface area contributed by atoms with Gasteiger partial charge in [-0.3, -0.25) is 10.1 Å². The Labute approximate surface area is 98.0 Å². The van der Waals surface area contributed by atoms with Gasteiger partial charge in [0.25, 0.3) is 0 Å². The van der Waals surface area contributed by atoms with Gasteiger partial charge in [-0.05, 0) is 39.7 Å². The summed E-state index contributed by atoms with van der Waals surface area (Å²) in [4.78, 5) is 16.1. The summed E-state index contributed by atoms with van der Waals surface area (Å²) in [5, 5.41) is 3.19. The Morgan fingerprint density at radius 2 is 2.25 bits per heavy atom. The van der Waals surface area contributed by atoms with E-state index in [1.54, 1.807) is 0 Å². The Hall–Kier alpha value is -0.610. The molecule has 0 saturated carbocycles. The maximum absolute atomic E-state index is 11.6. The molecular formula is C12H23N3O. The second-order valence-corrected chi connectivity index (χ2v) is 5.35. The number of nitrogens with one attached hydrogen (secondary N) is 1. The van der Waals surface area contributed by atoms with E-state index in [1.165, 1.54) is 13.0 Å². The zero-order valence-electron chi connectivity index (χ0n) is 10.6. The Balaban J connectivity index is 1.85. The minimum Gasteiger partial charge on any atom is -0.326 e. The summed E-state index contributed by atoms with van der Waals surface area (Å²) in [5.74, 6) is 0.921. The highest BCUT2D eigenvalue weighted by molar-refractivity contribution is 5.80. The van der Waals surface area contributed by atoms with Crippen LogP contribution < -0.4 is 5.32 Å². The molecule has 0 radical (unpaired) electrons. The van der Waals surface area contributed by atoms with Crippen LogP contribution in [0.3, 0.4) is 0 Å². The largest absolute Gasteiger partial charge is 0.326 e. The predicted molar refractivity (Wildman–Crippen MR) is 64.0 cm³/mol. The molecule has 2 fully saturated rings. The van der Waals surface area contributed by atoms with Gasteiger partial charge in [0.15, 0.2) is 0 Å². The zero-order valence-corrected chi connectivity index (χ0v) is 10.6. The standard InChI is InChI=1S/C12H23N3O/c1-9(2)14-5-4-11(7-14)8-15-10(3)13-6-12(15)16/h9-11,13H,4-8H2,1-3H3. The summed E-state index contributed by atoms with van der Waals surface area (Å²) in [7, 11) is 0. The summed E-state index contributed by atoms with van der Waals surface area (Å²) in [6.07, 6.45) is 1.45. The number of likely N-dealkylation sites (tertiary alicyclic amines) is 1. The molecule has 2 aliphatic rings. The zero-order chi connectivity index (χ0) is 11.7. The highest BCUT2D eigenvalue weighted by Gasteiger charge is 2.32. The monoisotopic (exact) mass is 225 g/mol. The van der Waals surface area contributed by atoms with Crippen LogP contribution in [-0.2, 0) is 4.79 Å². The lowest BCUT2D eigenvalue weighted by Crippen LogP contribution is -2.39. The van der Waals surface area contributed by atoms with Crippen molar-refractivity contribution in [2.75, 3.05) is 26.2 Å². The maximum atomic E-state index is 11.6. The van der Waals surface area contributed by atoms with E-state index in [1.807, 2.05) is 4.90 Å². The van der Waals surface area contributed by atoms with Crippen LogP contribution in [-0.4, -0.2) is 54.1 Å². The van der Waals surface area contributed by atoms with E-state index >= 15 is 0 Å². The average molecular weight is 225 g/mol. The molecule has 2 atom stereocenters. The molecule has 2 rings (SSSR count). The van der Waals surface area contributed by atoms with Crippen LogP contribution in [0.5, 0.6) is 0 Å². The number of rotatable bonds is 3. The Morgan fingerprint density at radius 3 is 2.75 bits per heavy atom. The van der Waals surface area contributed by atoms with E-state index in [0.29, 0.717) is 18.5 Å². The summed E-state index contributed by atoms with van der Waals surface area (Å²) >= 11 is 0. The molecule has 1 N–H and O–H groups in total. The highest BCUT2D eigenvalue weighted by atomic mass is 16.2. The van der Waals surface area contributed by atoms with Gasteiger partial charge in [-0.2, -0.15) is 0 Å². The Morgan fingerprint density at radius 1 is 1.50 bits per heavy atom. The molecule has 2 unspecified atom stereocenters. The smallest absolute Gasteiger partial charge is 0.237 e. The molecule has 0 bridgehead atoms. The molecule has 0 aromatic heterocycles. The first-order valence-corrected chi connectivity index (χ1v) is 6.35. The average Bonchev–Trinajstić information content (AvgIpc) is 2.80. The normalized spacial score (nSPS) is 32.0.